The molecule has 2 rings (SSSR count). The highest BCUT2D eigenvalue weighted by Crippen LogP contribution is 2.05. The number of benzene rings is 1. The van der Waals surface area contributed by atoms with Crippen LogP contribution in [0.15, 0.2) is 42.5 Å². The number of nitrogens with zero attached hydrogens (tertiary/aromatic N) is 2. The Morgan fingerprint density at radius 1 is 1.20 bits per heavy atom. The van der Waals surface area contributed by atoms with E-state index in [1.54, 1.807) is 12.1 Å². The minimum absolute atomic E-state index is 0.0714. The molecule has 0 saturated carbocycles. The molecule has 2 aromatic rings. The number of nitrogens with one attached hydrogen (secondary N) is 1. The first-order valence-corrected chi connectivity index (χ1v) is 6.59. The lowest BCUT2D eigenvalue weighted by Gasteiger charge is -2.13. The number of rotatable bonds is 5. The second-order valence-corrected chi connectivity index (χ2v) is 4.74. The van der Waals surface area contributed by atoms with Gasteiger partial charge in [0.05, 0.1) is 0 Å². The number of nitrogen functional groups attached to an aromatic ring is 1. The molecule has 1 atom stereocenters. The van der Waals surface area contributed by atoms with E-state index >= 15 is 0 Å². The zero-order valence-electron chi connectivity index (χ0n) is 11.4. The van der Waals surface area contributed by atoms with Gasteiger partial charge in [-0.2, -0.15) is 0 Å². The summed E-state index contributed by atoms with van der Waals surface area (Å²) in [4.78, 5) is 11.9. The van der Waals surface area contributed by atoms with E-state index in [0.29, 0.717) is 5.82 Å². The van der Waals surface area contributed by atoms with Crippen molar-refractivity contribution in [3.05, 3.63) is 53.7 Å². The summed E-state index contributed by atoms with van der Waals surface area (Å²) in [5.41, 5.74) is 6.98. The molecule has 0 aliphatic heterocycles. The van der Waals surface area contributed by atoms with Crippen molar-refractivity contribution < 1.29 is 4.79 Å². The third-order valence-electron chi connectivity index (χ3n) is 3.00. The van der Waals surface area contributed by atoms with Gasteiger partial charge in [-0.3, -0.25) is 4.79 Å². The molecule has 20 heavy (non-hydrogen) atoms. The lowest BCUT2D eigenvalue weighted by atomic mass is 10.1. The lowest BCUT2D eigenvalue weighted by molar-refractivity contribution is 0.0932. The Bertz CT molecular complexity index is 554. The Morgan fingerprint density at radius 3 is 2.60 bits per heavy atom. The van der Waals surface area contributed by atoms with Crippen LogP contribution in [-0.4, -0.2) is 22.1 Å². The molecule has 0 aliphatic rings. The molecule has 0 bridgehead atoms. The third kappa shape index (κ3) is 4.05. The lowest BCUT2D eigenvalue weighted by Crippen LogP contribution is -2.33. The molecule has 1 heterocycles. The monoisotopic (exact) mass is 270 g/mol. The molecular weight excluding hydrogens is 252 g/mol. The quantitative estimate of drug-likeness (QED) is 0.868. The summed E-state index contributed by atoms with van der Waals surface area (Å²) in [5, 5.41) is 10.3. The van der Waals surface area contributed by atoms with Crippen LogP contribution >= 0.6 is 0 Å². The molecular formula is C15H18N4O. The summed E-state index contributed by atoms with van der Waals surface area (Å²) in [6.45, 7) is 1.98. The predicted octanol–water partition coefficient (Wildman–Crippen LogP) is 1.81. The summed E-state index contributed by atoms with van der Waals surface area (Å²) in [7, 11) is 0. The molecule has 1 aromatic heterocycles. The maximum absolute atomic E-state index is 11.9. The van der Waals surface area contributed by atoms with E-state index in [1.807, 2.05) is 25.1 Å². The van der Waals surface area contributed by atoms with Crippen LogP contribution in [0.4, 0.5) is 5.82 Å². The topological polar surface area (TPSA) is 80.9 Å². The standard InChI is InChI=1S/C15H18N4O/c1-11(7-8-12-5-3-2-4-6-12)17-15(20)13-9-10-14(16)19-18-13/h2-6,9-11H,7-8H2,1H3,(H2,16,19)(H,17,20). The normalized spacial score (nSPS) is 11.8. The van der Waals surface area contributed by atoms with Crippen LogP contribution in [0.5, 0.6) is 0 Å². The Labute approximate surface area is 118 Å². The minimum Gasteiger partial charge on any atom is -0.382 e. The average molecular weight is 270 g/mol. The van der Waals surface area contributed by atoms with Gasteiger partial charge in [-0.05, 0) is 37.5 Å². The SMILES string of the molecule is CC(CCc1ccccc1)NC(=O)c1ccc(N)nn1. The van der Waals surface area contributed by atoms with Gasteiger partial charge >= 0.3 is 0 Å². The van der Waals surface area contributed by atoms with Crippen LogP contribution in [-0.2, 0) is 6.42 Å². The largest absolute Gasteiger partial charge is 0.382 e. The van der Waals surface area contributed by atoms with Crippen molar-refractivity contribution in [2.45, 2.75) is 25.8 Å². The van der Waals surface area contributed by atoms with E-state index in [-0.39, 0.29) is 17.6 Å². The highest BCUT2D eigenvalue weighted by Gasteiger charge is 2.11. The van der Waals surface area contributed by atoms with Crippen LogP contribution in [0, 0.1) is 0 Å². The zero-order chi connectivity index (χ0) is 14.4. The number of carbonyl (C=O) groups is 1. The smallest absolute Gasteiger partial charge is 0.272 e. The molecule has 0 fully saturated rings. The molecule has 0 spiro atoms. The molecule has 0 saturated heterocycles. The van der Waals surface area contributed by atoms with Gasteiger partial charge in [0.1, 0.15) is 5.82 Å². The molecule has 1 amide bonds. The summed E-state index contributed by atoms with van der Waals surface area (Å²) in [5.74, 6) is 0.0803. The average Bonchev–Trinajstić information content (AvgIpc) is 2.47. The molecule has 0 aliphatic carbocycles. The van der Waals surface area contributed by atoms with E-state index in [4.69, 9.17) is 5.73 Å². The minimum atomic E-state index is -0.224. The number of anilines is 1. The fourth-order valence-electron chi connectivity index (χ4n) is 1.86. The van der Waals surface area contributed by atoms with E-state index < -0.39 is 0 Å². The van der Waals surface area contributed by atoms with Crippen molar-refractivity contribution in [2.24, 2.45) is 0 Å². The second-order valence-electron chi connectivity index (χ2n) is 4.74. The fraction of sp³-hybridized carbons (Fsp3) is 0.267. The predicted molar refractivity (Wildman–Crippen MR) is 78.1 cm³/mol. The van der Waals surface area contributed by atoms with Crippen molar-refractivity contribution >= 4 is 11.7 Å². The van der Waals surface area contributed by atoms with Gasteiger partial charge in [0, 0.05) is 6.04 Å². The summed E-state index contributed by atoms with van der Waals surface area (Å²) < 4.78 is 0. The Kier molecular flexibility index (Phi) is 4.65. The maximum Gasteiger partial charge on any atom is 0.272 e. The number of carbonyl (C=O) groups excluding carboxylic acids is 1. The van der Waals surface area contributed by atoms with Crippen LogP contribution in [0.3, 0.4) is 0 Å². The van der Waals surface area contributed by atoms with Gasteiger partial charge in [0.2, 0.25) is 0 Å². The molecule has 1 unspecified atom stereocenters. The van der Waals surface area contributed by atoms with Crippen molar-refractivity contribution in [3.63, 3.8) is 0 Å². The number of aromatic nitrogens is 2. The number of amides is 1. The molecule has 1 aromatic carbocycles. The van der Waals surface area contributed by atoms with Gasteiger partial charge in [0.15, 0.2) is 5.69 Å². The molecule has 0 radical (unpaired) electrons. The van der Waals surface area contributed by atoms with Gasteiger partial charge in [-0.15, -0.1) is 10.2 Å². The van der Waals surface area contributed by atoms with Crippen molar-refractivity contribution in [1.82, 2.24) is 15.5 Å². The third-order valence-corrected chi connectivity index (χ3v) is 3.00. The Hall–Kier alpha value is -2.43. The number of hydrogen-bond donors (Lipinski definition) is 2. The molecule has 5 heteroatoms. The highest BCUT2D eigenvalue weighted by atomic mass is 16.2. The number of aryl methyl sites for hydroxylation is 1. The first-order chi connectivity index (χ1) is 9.65. The van der Waals surface area contributed by atoms with E-state index in [2.05, 4.69) is 27.6 Å². The maximum atomic E-state index is 11.9. The first kappa shape index (κ1) is 14.0. The Balaban J connectivity index is 1.83. The van der Waals surface area contributed by atoms with Crippen LogP contribution in [0.2, 0.25) is 0 Å². The van der Waals surface area contributed by atoms with Crippen LogP contribution < -0.4 is 11.1 Å². The first-order valence-electron chi connectivity index (χ1n) is 6.59. The van der Waals surface area contributed by atoms with Gasteiger partial charge < -0.3 is 11.1 Å². The van der Waals surface area contributed by atoms with Crippen LogP contribution in [0.25, 0.3) is 0 Å². The summed E-state index contributed by atoms with van der Waals surface area (Å²) in [6, 6.07) is 13.4. The van der Waals surface area contributed by atoms with E-state index in [1.165, 1.54) is 5.56 Å². The van der Waals surface area contributed by atoms with E-state index in [0.717, 1.165) is 12.8 Å². The molecule has 104 valence electrons. The summed E-state index contributed by atoms with van der Waals surface area (Å²) in [6.07, 6.45) is 1.80. The van der Waals surface area contributed by atoms with Crippen molar-refractivity contribution in [2.75, 3.05) is 5.73 Å². The van der Waals surface area contributed by atoms with Gasteiger partial charge in [-0.25, -0.2) is 0 Å². The number of hydrogen-bond acceptors (Lipinski definition) is 4. The Morgan fingerprint density at radius 2 is 1.95 bits per heavy atom. The number of nitrogens with two attached hydrogens (primary N) is 1. The fourth-order valence-corrected chi connectivity index (χ4v) is 1.86. The highest BCUT2D eigenvalue weighted by molar-refractivity contribution is 5.92. The summed E-state index contributed by atoms with van der Waals surface area (Å²) >= 11 is 0. The molecule has 5 nitrogen and oxygen atoms in total. The van der Waals surface area contributed by atoms with E-state index in [9.17, 15) is 4.79 Å². The van der Waals surface area contributed by atoms with Crippen molar-refractivity contribution in [1.29, 1.82) is 0 Å². The van der Waals surface area contributed by atoms with Crippen LogP contribution in [0.1, 0.15) is 29.4 Å². The zero-order valence-corrected chi connectivity index (χ0v) is 11.4. The van der Waals surface area contributed by atoms with Gasteiger partial charge in [0.25, 0.3) is 5.91 Å². The van der Waals surface area contributed by atoms with Gasteiger partial charge in [-0.1, -0.05) is 30.3 Å². The van der Waals surface area contributed by atoms with Crippen molar-refractivity contribution in [3.8, 4) is 0 Å². The molecule has 3 N–H and O–H groups in total. The second kappa shape index (κ2) is 6.65.